The van der Waals surface area contributed by atoms with Crippen LogP contribution in [0.3, 0.4) is 0 Å². The van der Waals surface area contributed by atoms with Crippen molar-refractivity contribution in [3.63, 3.8) is 0 Å². The minimum absolute atomic E-state index is 0.122. The third kappa shape index (κ3) is 3.55. The summed E-state index contributed by atoms with van der Waals surface area (Å²) in [7, 11) is 0. The molecule has 1 aromatic rings. The van der Waals surface area contributed by atoms with Gasteiger partial charge in [0.15, 0.2) is 0 Å². The van der Waals surface area contributed by atoms with Crippen molar-refractivity contribution in [1.82, 2.24) is 9.97 Å². The summed E-state index contributed by atoms with van der Waals surface area (Å²) in [4.78, 5) is 9.63. The van der Waals surface area contributed by atoms with Gasteiger partial charge in [-0.2, -0.15) is 0 Å². The normalized spacial score (nSPS) is 13.6. The fourth-order valence-corrected chi connectivity index (χ4v) is 2.35. The van der Waals surface area contributed by atoms with Crippen LogP contribution in [0.5, 0.6) is 0 Å². The highest BCUT2D eigenvalue weighted by Crippen LogP contribution is 2.30. The van der Waals surface area contributed by atoms with Crippen LogP contribution >= 0.6 is 0 Å². The zero-order valence-corrected chi connectivity index (χ0v) is 13.6. The van der Waals surface area contributed by atoms with Crippen molar-refractivity contribution in [2.45, 2.75) is 85.0 Å². The van der Waals surface area contributed by atoms with Gasteiger partial charge >= 0.3 is 0 Å². The van der Waals surface area contributed by atoms with Crippen LogP contribution in [0.15, 0.2) is 6.20 Å². The average Bonchev–Trinajstić information content (AvgIpc) is 2.46. The summed E-state index contributed by atoms with van der Waals surface area (Å²) in [5.41, 5.74) is 2.74. The maximum atomic E-state index is 4.93. The van der Waals surface area contributed by atoms with Gasteiger partial charge in [0.2, 0.25) is 0 Å². The Morgan fingerprint density at radius 3 is 2.26 bits per heavy atom. The standard InChI is InChI=1S/C17H30N2/c1-7-11-15-14(13(5)8-2)12-18-16(19-15)17(6,9-3)10-4/h12-13H,7-11H2,1-6H3. The summed E-state index contributed by atoms with van der Waals surface area (Å²) in [6, 6.07) is 0. The Balaban J connectivity index is 3.22. The van der Waals surface area contributed by atoms with Crippen molar-refractivity contribution in [2.75, 3.05) is 0 Å². The van der Waals surface area contributed by atoms with E-state index >= 15 is 0 Å². The third-order valence-electron chi connectivity index (χ3n) is 4.63. The summed E-state index contributed by atoms with van der Waals surface area (Å²) in [5, 5.41) is 0. The van der Waals surface area contributed by atoms with Gasteiger partial charge in [0, 0.05) is 17.3 Å². The van der Waals surface area contributed by atoms with E-state index in [1.165, 1.54) is 11.3 Å². The molecule has 0 fully saturated rings. The van der Waals surface area contributed by atoms with E-state index in [-0.39, 0.29) is 5.41 Å². The van der Waals surface area contributed by atoms with Gasteiger partial charge in [0.25, 0.3) is 0 Å². The minimum Gasteiger partial charge on any atom is -0.240 e. The molecule has 0 bridgehead atoms. The van der Waals surface area contributed by atoms with Crippen LogP contribution in [-0.2, 0) is 11.8 Å². The first-order chi connectivity index (χ1) is 9.02. The Labute approximate surface area is 119 Å². The molecule has 0 aliphatic rings. The van der Waals surface area contributed by atoms with Crippen molar-refractivity contribution in [3.8, 4) is 0 Å². The largest absolute Gasteiger partial charge is 0.240 e. The lowest BCUT2D eigenvalue weighted by atomic mass is 9.83. The molecule has 1 unspecified atom stereocenters. The molecule has 1 rings (SSSR count). The van der Waals surface area contributed by atoms with Crippen molar-refractivity contribution in [3.05, 3.63) is 23.3 Å². The van der Waals surface area contributed by atoms with Crippen LogP contribution in [0.1, 0.15) is 90.2 Å². The maximum absolute atomic E-state index is 4.93. The molecule has 1 heterocycles. The molecule has 0 aromatic carbocycles. The molecule has 1 atom stereocenters. The fourth-order valence-electron chi connectivity index (χ4n) is 2.35. The van der Waals surface area contributed by atoms with E-state index in [0.29, 0.717) is 5.92 Å². The van der Waals surface area contributed by atoms with E-state index in [0.717, 1.165) is 37.9 Å². The molecule has 1 aromatic heterocycles. The van der Waals surface area contributed by atoms with Crippen LogP contribution in [-0.4, -0.2) is 9.97 Å². The second kappa shape index (κ2) is 7.02. The van der Waals surface area contributed by atoms with Crippen LogP contribution < -0.4 is 0 Å². The first-order valence-corrected chi connectivity index (χ1v) is 7.88. The number of rotatable bonds is 7. The molecular formula is C17H30N2. The summed E-state index contributed by atoms with van der Waals surface area (Å²) >= 11 is 0. The second-order valence-electron chi connectivity index (χ2n) is 5.92. The lowest BCUT2D eigenvalue weighted by Gasteiger charge is -2.26. The van der Waals surface area contributed by atoms with Crippen molar-refractivity contribution in [1.29, 1.82) is 0 Å². The van der Waals surface area contributed by atoms with Gasteiger partial charge in [-0.05, 0) is 37.2 Å². The van der Waals surface area contributed by atoms with E-state index in [1.54, 1.807) is 0 Å². The Morgan fingerprint density at radius 1 is 1.16 bits per heavy atom. The molecule has 0 saturated carbocycles. The highest BCUT2D eigenvalue weighted by Gasteiger charge is 2.26. The minimum atomic E-state index is 0.122. The van der Waals surface area contributed by atoms with Gasteiger partial charge in [-0.3, -0.25) is 0 Å². The number of hydrogen-bond acceptors (Lipinski definition) is 2. The van der Waals surface area contributed by atoms with Gasteiger partial charge in [-0.25, -0.2) is 9.97 Å². The smallest absolute Gasteiger partial charge is 0.134 e. The van der Waals surface area contributed by atoms with E-state index < -0.39 is 0 Å². The van der Waals surface area contributed by atoms with Crippen LogP contribution in [0.25, 0.3) is 0 Å². The molecule has 19 heavy (non-hydrogen) atoms. The van der Waals surface area contributed by atoms with Crippen molar-refractivity contribution in [2.24, 2.45) is 0 Å². The summed E-state index contributed by atoms with van der Waals surface area (Å²) < 4.78 is 0. The quantitative estimate of drug-likeness (QED) is 0.689. The Kier molecular flexibility index (Phi) is 5.96. The number of aryl methyl sites for hydroxylation is 1. The molecule has 0 radical (unpaired) electrons. The zero-order valence-electron chi connectivity index (χ0n) is 13.6. The average molecular weight is 262 g/mol. The number of nitrogens with zero attached hydrogens (tertiary/aromatic N) is 2. The molecule has 0 N–H and O–H groups in total. The molecule has 2 heteroatoms. The van der Waals surface area contributed by atoms with Gasteiger partial charge in [-0.1, -0.05) is 48.0 Å². The first kappa shape index (κ1) is 16.1. The highest BCUT2D eigenvalue weighted by atomic mass is 14.9. The molecule has 0 aliphatic carbocycles. The van der Waals surface area contributed by atoms with Crippen LogP contribution in [0, 0.1) is 0 Å². The summed E-state index contributed by atoms with van der Waals surface area (Å²) in [6.07, 6.45) is 7.65. The lowest BCUT2D eigenvalue weighted by Crippen LogP contribution is -2.24. The summed E-state index contributed by atoms with van der Waals surface area (Å²) in [5.74, 6) is 1.60. The predicted molar refractivity (Wildman–Crippen MR) is 82.7 cm³/mol. The van der Waals surface area contributed by atoms with E-state index in [9.17, 15) is 0 Å². The molecule has 0 spiro atoms. The number of hydrogen-bond donors (Lipinski definition) is 0. The first-order valence-electron chi connectivity index (χ1n) is 7.88. The number of aromatic nitrogens is 2. The fraction of sp³-hybridized carbons (Fsp3) is 0.765. The Bertz CT molecular complexity index is 394. The second-order valence-corrected chi connectivity index (χ2v) is 5.92. The molecular weight excluding hydrogens is 232 g/mol. The van der Waals surface area contributed by atoms with E-state index in [2.05, 4.69) is 47.7 Å². The SMILES string of the molecule is CCCc1nc(C(C)(CC)CC)ncc1C(C)CC. The Hall–Kier alpha value is -0.920. The molecule has 108 valence electrons. The molecule has 0 aliphatic heterocycles. The van der Waals surface area contributed by atoms with Gasteiger partial charge in [0.05, 0.1) is 0 Å². The highest BCUT2D eigenvalue weighted by molar-refractivity contribution is 5.24. The molecule has 0 amide bonds. The maximum Gasteiger partial charge on any atom is 0.134 e. The van der Waals surface area contributed by atoms with Crippen LogP contribution in [0.4, 0.5) is 0 Å². The zero-order chi connectivity index (χ0) is 14.5. The predicted octanol–water partition coefficient (Wildman–Crippen LogP) is 5.02. The molecule has 0 saturated heterocycles. The third-order valence-corrected chi connectivity index (χ3v) is 4.63. The van der Waals surface area contributed by atoms with Crippen molar-refractivity contribution < 1.29 is 0 Å². The lowest BCUT2D eigenvalue weighted by molar-refractivity contribution is 0.409. The Morgan fingerprint density at radius 2 is 1.79 bits per heavy atom. The molecule has 2 nitrogen and oxygen atoms in total. The topological polar surface area (TPSA) is 25.8 Å². The van der Waals surface area contributed by atoms with Crippen molar-refractivity contribution >= 4 is 0 Å². The van der Waals surface area contributed by atoms with Gasteiger partial charge in [0.1, 0.15) is 5.82 Å². The van der Waals surface area contributed by atoms with E-state index in [1.807, 2.05) is 0 Å². The van der Waals surface area contributed by atoms with Gasteiger partial charge in [-0.15, -0.1) is 0 Å². The monoisotopic (exact) mass is 262 g/mol. The van der Waals surface area contributed by atoms with Gasteiger partial charge < -0.3 is 0 Å². The van der Waals surface area contributed by atoms with E-state index in [4.69, 9.17) is 9.97 Å². The van der Waals surface area contributed by atoms with Crippen LogP contribution in [0.2, 0.25) is 0 Å². The summed E-state index contributed by atoms with van der Waals surface area (Å²) in [6.45, 7) is 13.5.